The highest BCUT2D eigenvalue weighted by Crippen LogP contribution is 2.22. The minimum absolute atomic E-state index is 0.142. The van der Waals surface area contributed by atoms with E-state index in [1.54, 1.807) is 30.3 Å². The fraction of sp³-hybridized carbons (Fsp3) is 0.300. The number of carbonyl (C=O) groups is 2. The third-order valence-electron chi connectivity index (χ3n) is 4.60. The molecule has 1 heterocycles. The number of halogens is 1. The molecule has 154 valence electrons. The van der Waals surface area contributed by atoms with Crippen LogP contribution >= 0.6 is 11.6 Å². The van der Waals surface area contributed by atoms with Gasteiger partial charge < -0.3 is 10.1 Å². The Morgan fingerprint density at radius 1 is 1.10 bits per heavy atom. The summed E-state index contributed by atoms with van der Waals surface area (Å²) in [4.78, 5) is 23.7. The Bertz CT molecular complexity index is 1000. The minimum atomic E-state index is -3.59. The Morgan fingerprint density at radius 3 is 2.38 bits per heavy atom. The second-order valence-corrected chi connectivity index (χ2v) is 9.10. The number of sulfonamides is 1. The molecule has 7 nitrogen and oxygen atoms in total. The maximum absolute atomic E-state index is 12.7. The van der Waals surface area contributed by atoms with E-state index in [1.807, 2.05) is 0 Å². The summed E-state index contributed by atoms with van der Waals surface area (Å²) >= 11 is 5.83. The van der Waals surface area contributed by atoms with Gasteiger partial charge in [0, 0.05) is 36.6 Å². The maximum Gasteiger partial charge on any atom is 0.308 e. The van der Waals surface area contributed by atoms with E-state index in [-0.39, 0.29) is 16.8 Å². The first-order valence-electron chi connectivity index (χ1n) is 9.11. The lowest BCUT2D eigenvalue weighted by Gasteiger charge is -2.31. The number of piperidine rings is 1. The van der Waals surface area contributed by atoms with Crippen molar-refractivity contribution in [3.05, 3.63) is 59.1 Å². The molecule has 0 aliphatic carbocycles. The number of esters is 1. The zero-order valence-corrected chi connectivity index (χ0v) is 17.4. The van der Waals surface area contributed by atoms with Crippen molar-refractivity contribution in [1.82, 2.24) is 9.62 Å². The highest BCUT2D eigenvalue weighted by Gasteiger charge is 2.30. The van der Waals surface area contributed by atoms with E-state index < -0.39 is 16.0 Å². The molecule has 1 amide bonds. The maximum atomic E-state index is 12.7. The lowest BCUT2D eigenvalue weighted by Crippen LogP contribution is -2.46. The summed E-state index contributed by atoms with van der Waals surface area (Å²) in [5.74, 6) is -0.455. The highest BCUT2D eigenvalue weighted by atomic mass is 35.5. The van der Waals surface area contributed by atoms with Gasteiger partial charge in [0.05, 0.1) is 4.90 Å². The van der Waals surface area contributed by atoms with Crippen LogP contribution in [0.4, 0.5) is 0 Å². The number of rotatable bonds is 5. The molecule has 0 saturated carbocycles. The second kappa shape index (κ2) is 8.94. The molecule has 0 radical (unpaired) electrons. The molecule has 29 heavy (non-hydrogen) atoms. The Labute approximate surface area is 174 Å². The first-order chi connectivity index (χ1) is 13.8. The summed E-state index contributed by atoms with van der Waals surface area (Å²) in [5, 5.41) is 3.39. The first kappa shape index (κ1) is 21.3. The van der Waals surface area contributed by atoms with Crippen LogP contribution in [0.15, 0.2) is 53.4 Å². The van der Waals surface area contributed by atoms with Gasteiger partial charge in [-0.3, -0.25) is 9.59 Å². The zero-order valence-electron chi connectivity index (χ0n) is 15.8. The number of ether oxygens (including phenoxy) is 1. The zero-order chi connectivity index (χ0) is 21.0. The highest BCUT2D eigenvalue weighted by molar-refractivity contribution is 7.89. The SMILES string of the molecule is CC(=O)Oc1cccc(C(=O)NC2CCN(S(=O)(=O)c3ccc(Cl)cc3)CC2)c1. The molecule has 0 unspecified atom stereocenters. The van der Waals surface area contributed by atoms with Gasteiger partial charge in [-0.1, -0.05) is 17.7 Å². The third-order valence-corrected chi connectivity index (χ3v) is 6.76. The largest absolute Gasteiger partial charge is 0.427 e. The van der Waals surface area contributed by atoms with E-state index in [1.165, 1.54) is 29.4 Å². The molecule has 2 aromatic carbocycles. The van der Waals surface area contributed by atoms with E-state index in [4.69, 9.17) is 16.3 Å². The molecule has 1 aliphatic heterocycles. The van der Waals surface area contributed by atoms with Gasteiger partial charge >= 0.3 is 5.97 Å². The lowest BCUT2D eigenvalue weighted by molar-refractivity contribution is -0.131. The normalized spacial score (nSPS) is 15.7. The van der Waals surface area contributed by atoms with Gasteiger partial charge in [0.25, 0.3) is 5.91 Å². The number of nitrogens with one attached hydrogen (secondary N) is 1. The fourth-order valence-corrected chi connectivity index (χ4v) is 4.73. The Kier molecular flexibility index (Phi) is 6.56. The van der Waals surface area contributed by atoms with Crippen LogP contribution in [0.3, 0.4) is 0 Å². The van der Waals surface area contributed by atoms with Gasteiger partial charge in [-0.25, -0.2) is 8.42 Å². The lowest BCUT2D eigenvalue weighted by atomic mass is 10.1. The van der Waals surface area contributed by atoms with E-state index in [0.29, 0.717) is 42.3 Å². The van der Waals surface area contributed by atoms with Crippen LogP contribution in [0.25, 0.3) is 0 Å². The van der Waals surface area contributed by atoms with Crippen molar-refractivity contribution in [3.63, 3.8) is 0 Å². The summed E-state index contributed by atoms with van der Waals surface area (Å²) in [6.07, 6.45) is 1.00. The fourth-order valence-electron chi connectivity index (χ4n) is 3.13. The number of hydrogen-bond acceptors (Lipinski definition) is 5. The first-order valence-corrected chi connectivity index (χ1v) is 10.9. The van der Waals surface area contributed by atoms with Crippen molar-refractivity contribution >= 4 is 33.5 Å². The molecule has 0 atom stereocenters. The number of benzene rings is 2. The van der Waals surface area contributed by atoms with Crippen molar-refractivity contribution in [2.24, 2.45) is 0 Å². The van der Waals surface area contributed by atoms with E-state index in [0.717, 1.165) is 0 Å². The number of carbonyl (C=O) groups excluding carboxylic acids is 2. The van der Waals surface area contributed by atoms with Crippen molar-refractivity contribution in [1.29, 1.82) is 0 Å². The minimum Gasteiger partial charge on any atom is -0.427 e. The van der Waals surface area contributed by atoms with Crippen molar-refractivity contribution in [2.45, 2.75) is 30.7 Å². The Hall–Kier alpha value is -2.42. The quantitative estimate of drug-likeness (QED) is 0.574. The summed E-state index contributed by atoms with van der Waals surface area (Å²) < 4.78 is 31.9. The predicted octanol–water partition coefficient (Wildman–Crippen LogP) is 2.85. The van der Waals surface area contributed by atoms with E-state index >= 15 is 0 Å². The van der Waals surface area contributed by atoms with E-state index in [2.05, 4.69) is 5.32 Å². The molecular formula is C20H21ClN2O5S. The molecule has 9 heteroatoms. The van der Waals surface area contributed by atoms with E-state index in [9.17, 15) is 18.0 Å². The third kappa shape index (κ3) is 5.35. The summed E-state index contributed by atoms with van der Waals surface area (Å²) in [5.41, 5.74) is 0.375. The average molecular weight is 437 g/mol. The molecule has 1 saturated heterocycles. The molecule has 1 fully saturated rings. The van der Waals surface area contributed by atoms with Crippen molar-refractivity contribution < 1.29 is 22.7 Å². The van der Waals surface area contributed by atoms with Crippen LogP contribution in [0, 0.1) is 0 Å². The number of amides is 1. The summed E-state index contributed by atoms with van der Waals surface area (Å²) in [6, 6.07) is 12.3. The molecule has 0 aromatic heterocycles. The summed E-state index contributed by atoms with van der Waals surface area (Å²) in [7, 11) is -3.59. The average Bonchev–Trinajstić information content (AvgIpc) is 2.68. The van der Waals surface area contributed by atoms with Crippen LogP contribution in [0.5, 0.6) is 5.75 Å². The summed E-state index contributed by atoms with van der Waals surface area (Å²) in [6.45, 7) is 1.91. The molecule has 0 spiro atoms. The second-order valence-electron chi connectivity index (χ2n) is 6.73. The Balaban J connectivity index is 1.59. The molecule has 2 aromatic rings. The standard InChI is InChI=1S/C20H21ClN2O5S/c1-14(24)28-18-4-2-3-15(13-18)20(25)22-17-9-11-23(12-10-17)29(26,27)19-7-5-16(21)6-8-19/h2-8,13,17H,9-12H2,1H3,(H,22,25). The molecule has 3 rings (SSSR count). The van der Waals surface area contributed by atoms with Gasteiger partial charge in [-0.2, -0.15) is 4.31 Å². The van der Waals surface area contributed by atoms with Crippen LogP contribution in [-0.4, -0.2) is 43.7 Å². The topological polar surface area (TPSA) is 92.8 Å². The van der Waals surface area contributed by atoms with Gasteiger partial charge in [0.1, 0.15) is 5.75 Å². The smallest absolute Gasteiger partial charge is 0.308 e. The monoisotopic (exact) mass is 436 g/mol. The van der Waals surface area contributed by atoms with Gasteiger partial charge in [0.15, 0.2) is 0 Å². The number of hydrogen-bond donors (Lipinski definition) is 1. The van der Waals surface area contributed by atoms with Crippen molar-refractivity contribution in [2.75, 3.05) is 13.1 Å². The van der Waals surface area contributed by atoms with Gasteiger partial charge in [-0.05, 0) is 55.3 Å². The molecule has 1 N–H and O–H groups in total. The van der Waals surface area contributed by atoms with Crippen LogP contribution in [0.2, 0.25) is 5.02 Å². The van der Waals surface area contributed by atoms with Crippen LogP contribution in [-0.2, 0) is 14.8 Å². The van der Waals surface area contributed by atoms with Gasteiger partial charge in [-0.15, -0.1) is 0 Å². The van der Waals surface area contributed by atoms with Crippen molar-refractivity contribution in [3.8, 4) is 5.75 Å². The molecule has 1 aliphatic rings. The van der Waals surface area contributed by atoms with Crippen LogP contribution < -0.4 is 10.1 Å². The molecular weight excluding hydrogens is 416 g/mol. The van der Waals surface area contributed by atoms with Gasteiger partial charge in [0.2, 0.25) is 10.0 Å². The molecule has 0 bridgehead atoms. The predicted molar refractivity (Wildman–Crippen MR) is 108 cm³/mol. The van der Waals surface area contributed by atoms with Crippen LogP contribution in [0.1, 0.15) is 30.1 Å². The Morgan fingerprint density at radius 2 is 1.76 bits per heavy atom. The number of nitrogens with zero attached hydrogens (tertiary/aromatic N) is 1.